The van der Waals surface area contributed by atoms with Gasteiger partial charge in [0.25, 0.3) is 5.91 Å². The van der Waals surface area contributed by atoms with Gasteiger partial charge in [-0.1, -0.05) is 53.8 Å². The fourth-order valence-electron chi connectivity index (χ4n) is 3.46. The Kier molecular flexibility index (Phi) is 6.95. The normalized spacial score (nSPS) is 11.7. The first-order valence-electron chi connectivity index (χ1n) is 10.6. The predicted molar refractivity (Wildman–Crippen MR) is 133 cm³/mol. The lowest BCUT2D eigenvalue weighted by Crippen LogP contribution is -2.45. The third-order valence-corrected chi connectivity index (χ3v) is 6.17. The van der Waals surface area contributed by atoms with Crippen LogP contribution in [0.3, 0.4) is 0 Å². The van der Waals surface area contributed by atoms with Gasteiger partial charge >= 0.3 is 0 Å². The Morgan fingerprint density at radius 1 is 0.912 bits per heavy atom. The number of amides is 3. The number of anilines is 1. The summed E-state index contributed by atoms with van der Waals surface area (Å²) in [6, 6.07) is 20.5. The number of rotatable bonds is 8. The number of primary amides is 1. The standard InChI is InChI=1S/C25H23N5O3S/c26-14-16-7-4-8-18(11-16)23(32)28-20(12-15-5-2-1-3-6-15)24(33)30-25-29-19-10-9-17(22(27)31)13-21(19)34-25/h1-11,13,20H,12,14,26H2,(H2,27,31)(H,28,32)(H,29,30,33)/t20-/m1/s1. The lowest BCUT2D eigenvalue weighted by atomic mass is 10.0. The molecule has 0 fully saturated rings. The number of hydrogen-bond acceptors (Lipinski definition) is 6. The van der Waals surface area contributed by atoms with E-state index in [1.807, 2.05) is 36.4 Å². The van der Waals surface area contributed by atoms with Crippen LogP contribution in [0.25, 0.3) is 10.2 Å². The molecule has 172 valence electrons. The van der Waals surface area contributed by atoms with Gasteiger partial charge in [-0.3, -0.25) is 14.4 Å². The first-order chi connectivity index (χ1) is 16.4. The molecule has 0 bridgehead atoms. The molecule has 4 aromatic rings. The molecule has 1 atom stereocenters. The second-order valence-electron chi connectivity index (χ2n) is 7.68. The second kappa shape index (κ2) is 10.2. The highest BCUT2D eigenvalue weighted by molar-refractivity contribution is 7.22. The molecule has 1 aromatic heterocycles. The third kappa shape index (κ3) is 5.45. The number of fused-ring (bicyclic) bond motifs is 1. The summed E-state index contributed by atoms with van der Waals surface area (Å²) in [5.41, 5.74) is 14.2. The summed E-state index contributed by atoms with van der Waals surface area (Å²) in [6.45, 7) is 0.310. The lowest BCUT2D eigenvalue weighted by molar-refractivity contribution is -0.118. The minimum atomic E-state index is -0.843. The van der Waals surface area contributed by atoms with Gasteiger partial charge in [-0.15, -0.1) is 0 Å². The van der Waals surface area contributed by atoms with Gasteiger partial charge < -0.3 is 22.1 Å². The molecule has 4 rings (SSSR count). The van der Waals surface area contributed by atoms with E-state index in [0.717, 1.165) is 11.1 Å². The van der Waals surface area contributed by atoms with Gasteiger partial charge in [0.05, 0.1) is 10.2 Å². The van der Waals surface area contributed by atoms with Crippen LogP contribution in [0.1, 0.15) is 31.8 Å². The van der Waals surface area contributed by atoms with E-state index < -0.39 is 17.9 Å². The second-order valence-corrected chi connectivity index (χ2v) is 8.71. The molecule has 34 heavy (non-hydrogen) atoms. The molecule has 0 aliphatic carbocycles. The Hall–Kier alpha value is -4.08. The minimum Gasteiger partial charge on any atom is -0.366 e. The molecule has 8 nitrogen and oxygen atoms in total. The molecule has 0 aliphatic rings. The number of nitrogens with zero attached hydrogens (tertiary/aromatic N) is 1. The van der Waals surface area contributed by atoms with Crippen LogP contribution in [0.2, 0.25) is 0 Å². The molecular weight excluding hydrogens is 450 g/mol. The summed E-state index contributed by atoms with van der Waals surface area (Å²) < 4.78 is 0.717. The molecule has 3 aromatic carbocycles. The summed E-state index contributed by atoms with van der Waals surface area (Å²) >= 11 is 1.22. The van der Waals surface area contributed by atoms with Crippen LogP contribution in [-0.2, 0) is 17.8 Å². The lowest BCUT2D eigenvalue weighted by Gasteiger charge is -2.18. The monoisotopic (exact) mass is 473 g/mol. The fraction of sp³-hybridized carbons (Fsp3) is 0.120. The maximum absolute atomic E-state index is 13.2. The van der Waals surface area contributed by atoms with Gasteiger partial charge in [0, 0.05) is 24.1 Å². The predicted octanol–water partition coefficient (Wildman–Crippen LogP) is 2.83. The number of nitrogens with one attached hydrogen (secondary N) is 2. The highest BCUT2D eigenvalue weighted by Crippen LogP contribution is 2.27. The molecule has 1 heterocycles. The van der Waals surface area contributed by atoms with Crippen molar-refractivity contribution in [3.8, 4) is 0 Å². The van der Waals surface area contributed by atoms with Crippen LogP contribution >= 0.6 is 11.3 Å². The fourth-order valence-corrected chi connectivity index (χ4v) is 4.37. The average Bonchev–Trinajstić information content (AvgIpc) is 3.25. The van der Waals surface area contributed by atoms with Crippen molar-refractivity contribution in [2.75, 3.05) is 5.32 Å². The summed E-state index contributed by atoms with van der Waals surface area (Å²) in [5, 5.41) is 5.99. The topological polar surface area (TPSA) is 140 Å². The Morgan fingerprint density at radius 2 is 1.68 bits per heavy atom. The number of nitrogens with two attached hydrogens (primary N) is 2. The van der Waals surface area contributed by atoms with E-state index in [4.69, 9.17) is 11.5 Å². The molecule has 0 saturated carbocycles. The highest BCUT2D eigenvalue weighted by Gasteiger charge is 2.23. The minimum absolute atomic E-state index is 0.297. The average molecular weight is 474 g/mol. The Morgan fingerprint density at radius 3 is 2.41 bits per heavy atom. The van der Waals surface area contributed by atoms with Crippen molar-refractivity contribution < 1.29 is 14.4 Å². The molecule has 9 heteroatoms. The molecule has 0 radical (unpaired) electrons. The van der Waals surface area contributed by atoms with Crippen LogP contribution in [0.5, 0.6) is 0 Å². The van der Waals surface area contributed by atoms with E-state index in [0.29, 0.717) is 39.4 Å². The molecule has 0 unspecified atom stereocenters. The van der Waals surface area contributed by atoms with Crippen molar-refractivity contribution in [1.82, 2.24) is 10.3 Å². The first-order valence-corrected chi connectivity index (χ1v) is 11.4. The number of benzene rings is 3. The zero-order valence-corrected chi connectivity index (χ0v) is 19.0. The van der Waals surface area contributed by atoms with Gasteiger partial charge in [0.1, 0.15) is 6.04 Å². The largest absolute Gasteiger partial charge is 0.366 e. The molecule has 0 spiro atoms. The number of carbonyl (C=O) groups is 3. The van der Waals surface area contributed by atoms with Gasteiger partial charge in [-0.2, -0.15) is 0 Å². The van der Waals surface area contributed by atoms with Crippen molar-refractivity contribution >= 4 is 44.4 Å². The summed E-state index contributed by atoms with van der Waals surface area (Å²) in [4.78, 5) is 42.0. The van der Waals surface area contributed by atoms with Crippen LogP contribution < -0.4 is 22.1 Å². The maximum Gasteiger partial charge on any atom is 0.251 e. The van der Waals surface area contributed by atoms with Crippen molar-refractivity contribution in [2.45, 2.75) is 19.0 Å². The zero-order valence-electron chi connectivity index (χ0n) is 18.2. The smallest absolute Gasteiger partial charge is 0.251 e. The highest BCUT2D eigenvalue weighted by atomic mass is 32.1. The summed E-state index contributed by atoms with van der Waals surface area (Å²) in [6.07, 6.45) is 0.297. The van der Waals surface area contributed by atoms with Crippen molar-refractivity contribution in [3.63, 3.8) is 0 Å². The summed E-state index contributed by atoms with van der Waals surface area (Å²) in [5.74, 6) is -1.31. The van der Waals surface area contributed by atoms with Crippen LogP contribution in [0.4, 0.5) is 5.13 Å². The van der Waals surface area contributed by atoms with Crippen molar-refractivity contribution in [3.05, 3.63) is 95.1 Å². The number of hydrogen-bond donors (Lipinski definition) is 4. The first kappa shape index (κ1) is 23.1. The molecule has 0 saturated heterocycles. The Labute approximate surface area is 200 Å². The van der Waals surface area contributed by atoms with E-state index in [-0.39, 0.29) is 5.91 Å². The molecule has 0 aliphatic heterocycles. The van der Waals surface area contributed by atoms with Crippen LogP contribution in [0.15, 0.2) is 72.8 Å². The van der Waals surface area contributed by atoms with Crippen LogP contribution in [-0.4, -0.2) is 28.7 Å². The molecule has 3 amide bonds. The van der Waals surface area contributed by atoms with Crippen LogP contribution in [0, 0.1) is 0 Å². The van der Waals surface area contributed by atoms with E-state index in [1.54, 1.807) is 36.4 Å². The Balaban J connectivity index is 1.56. The number of thiazole rings is 1. The van der Waals surface area contributed by atoms with E-state index in [9.17, 15) is 14.4 Å². The Bertz CT molecular complexity index is 1350. The van der Waals surface area contributed by atoms with Gasteiger partial charge in [-0.05, 0) is 41.5 Å². The zero-order chi connectivity index (χ0) is 24.1. The van der Waals surface area contributed by atoms with Crippen molar-refractivity contribution in [2.24, 2.45) is 11.5 Å². The molecule has 6 N–H and O–H groups in total. The molecular formula is C25H23N5O3S. The van der Waals surface area contributed by atoms with Crippen molar-refractivity contribution in [1.29, 1.82) is 0 Å². The van der Waals surface area contributed by atoms with Gasteiger partial charge in [0.2, 0.25) is 11.8 Å². The van der Waals surface area contributed by atoms with Gasteiger partial charge in [0.15, 0.2) is 5.13 Å². The van der Waals surface area contributed by atoms with Gasteiger partial charge in [-0.25, -0.2) is 4.98 Å². The SMILES string of the molecule is NCc1cccc(C(=O)N[C@H](Cc2ccccc2)C(=O)Nc2nc3ccc(C(N)=O)cc3s2)c1. The number of carbonyl (C=O) groups excluding carboxylic acids is 3. The maximum atomic E-state index is 13.2. The van der Waals surface area contributed by atoms with E-state index >= 15 is 0 Å². The van der Waals surface area contributed by atoms with E-state index in [1.165, 1.54) is 11.3 Å². The number of aromatic nitrogens is 1. The quantitative estimate of drug-likeness (QED) is 0.311. The third-order valence-electron chi connectivity index (χ3n) is 5.23. The van der Waals surface area contributed by atoms with E-state index in [2.05, 4.69) is 15.6 Å². The summed E-state index contributed by atoms with van der Waals surface area (Å²) in [7, 11) is 0.